The number of nitrogens with one attached hydrogen (secondary N) is 3. The molecule has 1 unspecified atom stereocenters. The average Bonchev–Trinajstić information content (AvgIpc) is 3.33. The molecule has 2 aromatic heterocycles. The van der Waals surface area contributed by atoms with E-state index in [1.807, 2.05) is 29.4 Å². The van der Waals surface area contributed by atoms with Gasteiger partial charge in [-0.1, -0.05) is 26.0 Å². The number of piperidine rings is 1. The van der Waals surface area contributed by atoms with Gasteiger partial charge in [0.2, 0.25) is 0 Å². The van der Waals surface area contributed by atoms with E-state index in [-0.39, 0.29) is 0 Å². The van der Waals surface area contributed by atoms with E-state index >= 15 is 0 Å². The minimum Gasteiger partial charge on any atom is -0.378 e. The Morgan fingerprint density at radius 1 is 1.23 bits per heavy atom. The first-order valence-corrected chi connectivity index (χ1v) is 13.0. The molecule has 2 aliphatic rings. The molecule has 0 amide bonds. The van der Waals surface area contributed by atoms with E-state index in [0.717, 1.165) is 58.5 Å². The van der Waals surface area contributed by atoms with E-state index < -0.39 is 6.04 Å². The van der Waals surface area contributed by atoms with Crippen molar-refractivity contribution in [2.75, 3.05) is 18.4 Å². The van der Waals surface area contributed by atoms with Gasteiger partial charge in [-0.15, -0.1) is 0 Å². The number of aldehydes is 1. The Bertz CT molecular complexity index is 1230. The highest BCUT2D eigenvalue weighted by Gasteiger charge is 2.26. The average molecular weight is 535 g/mol. The van der Waals surface area contributed by atoms with Crippen LogP contribution in [0.1, 0.15) is 55.3 Å². The lowest BCUT2D eigenvalue weighted by Gasteiger charge is -2.25. The van der Waals surface area contributed by atoms with Crippen LogP contribution in [0.15, 0.2) is 47.3 Å². The smallest absolute Gasteiger partial charge is 0.146 e. The number of pyridine rings is 1. The molecule has 3 N–H and O–H groups in total. The summed E-state index contributed by atoms with van der Waals surface area (Å²) in [6.07, 6.45) is 10.9. The van der Waals surface area contributed by atoms with Crippen LogP contribution in [-0.2, 0) is 11.3 Å². The molecule has 8 heteroatoms. The van der Waals surface area contributed by atoms with Gasteiger partial charge in [-0.25, -0.2) is 4.98 Å². The molecule has 0 aliphatic carbocycles. The second kappa shape index (κ2) is 10.3. The number of hydrogen-bond donors (Lipinski definition) is 3. The molecule has 1 atom stereocenters. The number of hydrogen-bond acceptors (Lipinski definition) is 6. The molecular weight excluding hydrogens is 504 g/mol. The van der Waals surface area contributed by atoms with Crippen LogP contribution in [0.25, 0.3) is 17.3 Å². The SMILES string of the molecule is CC(C)Cn1cc(-c2nc(Nc3ccc(C4CCNCC4)cc3)c3c(c2Br)C=CNC3C=O)cn1. The van der Waals surface area contributed by atoms with Gasteiger partial charge in [-0.05, 0) is 83.7 Å². The van der Waals surface area contributed by atoms with Gasteiger partial charge in [0.05, 0.1) is 16.4 Å². The second-order valence-corrected chi connectivity index (χ2v) is 10.5. The van der Waals surface area contributed by atoms with E-state index in [1.165, 1.54) is 18.4 Å². The molecule has 182 valence electrons. The standard InChI is InChI=1S/C27H31BrN6O/c1-17(2)14-34-15-20(13-31-34)26-25(28)22-9-12-30-23(16-35)24(22)27(33-26)32-21-5-3-18(4-6-21)19-7-10-29-11-8-19/h3-6,9,12-13,15-17,19,23,29-30H,7-8,10-11,14H2,1-2H3,(H,32,33). The molecule has 0 bridgehead atoms. The van der Waals surface area contributed by atoms with Crippen LogP contribution in [0.4, 0.5) is 11.5 Å². The fraction of sp³-hybridized carbons (Fsp3) is 0.370. The summed E-state index contributed by atoms with van der Waals surface area (Å²) < 4.78 is 2.80. The van der Waals surface area contributed by atoms with Crippen molar-refractivity contribution in [3.05, 3.63) is 64.0 Å². The van der Waals surface area contributed by atoms with Gasteiger partial charge >= 0.3 is 0 Å². The maximum Gasteiger partial charge on any atom is 0.146 e. The van der Waals surface area contributed by atoms with Gasteiger partial charge in [0.15, 0.2) is 0 Å². The number of halogens is 1. The van der Waals surface area contributed by atoms with E-state index in [4.69, 9.17) is 4.98 Å². The normalized spacial score (nSPS) is 17.8. The highest BCUT2D eigenvalue weighted by Crippen LogP contribution is 2.40. The Morgan fingerprint density at radius 3 is 2.71 bits per heavy atom. The van der Waals surface area contributed by atoms with Crippen molar-refractivity contribution in [3.8, 4) is 11.3 Å². The zero-order chi connectivity index (χ0) is 24.4. The minimum absolute atomic E-state index is 0.479. The Balaban J connectivity index is 1.51. The maximum absolute atomic E-state index is 11.9. The predicted molar refractivity (Wildman–Crippen MR) is 144 cm³/mol. The predicted octanol–water partition coefficient (Wildman–Crippen LogP) is 5.39. The number of benzene rings is 1. The van der Waals surface area contributed by atoms with Crippen LogP contribution in [0.5, 0.6) is 0 Å². The third-order valence-corrected chi connectivity index (χ3v) is 7.43. The Labute approximate surface area is 214 Å². The number of nitrogens with zero attached hydrogens (tertiary/aromatic N) is 3. The van der Waals surface area contributed by atoms with Crippen molar-refractivity contribution in [2.45, 2.75) is 45.2 Å². The number of carbonyl (C=O) groups excluding carboxylic acids is 1. The largest absolute Gasteiger partial charge is 0.378 e. The quantitative estimate of drug-likeness (QED) is 0.352. The molecule has 4 heterocycles. The first kappa shape index (κ1) is 23.8. The van der Waals surface area contributed by atoms with Crippen molar-refractivity contribution in [1.82, 2.24) is 25.4 Å². The number of aromatic nitrogens is 3. The molecule has 1 fully saturated rings. The topological polar surface area (TPSA) is 83.9 Å². The monoisotopic (exact) mass is 534 g/mol. The lowest BCUT2D eigenvalue weighted by Crippen LogP contribution is -2.26. The molecule has 2 aliphatic heterocycles. The summed E-state index contributed by atoms with van der Waals surface area (Å²) in [4.78, 5) is 16.9. The van der Waals surface area contributed by atoms with Crippen molar-refractivity contribution in [2.24, 2.45) is 5.92 Å². The zero-order valence-electron chi connectivity index (χ0n) is 20.1. The summed E-state index contributed by atoms with van der Waals surface area (Å²) in [5, 5.41) is 14.6. The number of anilines is 2. The maximum atomic E-state index is 11.9. The van der Waals surface area contributed by atoms with E-state index in [2.05, 4.69) is 75.1 Å². The Morgan fingerprint density at radius 2 is 2.00 bits per heavy atom. The molecule has 3 aromatic rings. The van der Waals surface area contributed by atoms with Gasteiger partial charge in [0.1, 0.15) is 18.1 Å². The molecule has 1 aromatic carbocycles. The zero-order valence-corrected chi connectivity index (χ0v) is 21.7. The van der Waals surface area contributed by atoms with Gasteiger partial charge in [-0.2, -0.15) is 5.10 Å². The first-order valence-electron chi connectivity index (χ1n) is 12.2. The number of rotatable bonds is 7. The molecule has 35 heavy (non-hydrogen) atoms. The second-order valence-electron chi connectivity index (χ2n) is 9.68. The van der Waals surface area contributed by atoms with Crippen LogP contribution in [0.2, 0.25) is 0 Å². The van der Waals surface area contributed by atoms with E-state index in [9.17, 15) is 4.79 Å². The summed E-state index contributed by atoms with van der Waals surface area (Å²) in [5.74, 6) is 1.76. The summed E-state index contributed by atoms with van der Waals surface area (Å²) in [5.41, 5.74) is 5.81. The van der Waals surface area contributed by atoms with Crippen LogP contribution in [0, 0.1) is 5.92 Å². The van der Waals surface area contributed by atoms with E-state index in [1.54, 1.807) is 0 Å². The highest BCUT2D eigenvalue weighted by atomic mass is 79.9. The third-order valence-electron chi connectivity index (χ3n) is 6.63. The Hall–Kier alpha value is -2.97. The molecule has 0 saturated carbocycles. The molecule has 0 radical (unpaired) electrons. The summed E-state index contributed by atoms with van der Waals surface area (Å²) in [6, 6.07) is 8.14. The summed E-state index contributed by atoms with van der Waals surface area (Å²) in [6.45, 7) is 7.33. The fourth-order valence-corrected chi connectivity index (χ4v) is 5.54. The van der Waals surface area contributed by atoms with Crippen LogP contribution < -0.4 is 16.0 Å². The van der Waals surface area contributed by atoms with Gasteiger partial charge in [0.25, 0.3) is 0 Å². The number of carbonyl (C=O) groups is 1. The van der Waals surface area contributed by atoms with E-state index in [0.29, 0.717) is 17.7 Å². The summed E-state index contributed by atoms with van der Waals surface area (Å²) >= 11 is 3.77. The minimum atomic E-state index is -0.479. The lowest BCUT2D eigenvalue weighted by molar-refractivity contribution is -0.109. The lowest BCUT2D eigenvalue weighted by atomic mass is 9.90. The van der Waals surface area contributed by atoms with Gasteiger partial charge in [-0.3, -0.25) is 4.68 Å². The van der Waals surface area contributed by atoms with Crippen molar-refractivity contribution in [1.29, 1.82) is 0 Å². The Kier molecular flexibility index (Phi) is 7.02. The van der Waals surface area contributed by atoms with Gasteiger partial charge < -0.3 is 20.7 Å². The molecule has 1 saturated heterocycles. The highest BCUT2D eigenvalue weighted by molar-refractivity contribution is 9.10. The van der Waals surface area contributed by atoms with Crippen LogP contribution >= 0.6 is 15.9 Å². The van der Waals surface area contributed by atoms with Crippen LogP contribution in [0.3, 0.4) is 0 Å². The van der Waals surface area contributed by atoms with Gasteiger partial charge in [0, 0.05) is 35.1 Å². The van der Waals surface area contributed by atoms with Crippen LogP contribution in [-0.4, -0.2) is 34.1 Å². The molecular formula is C27H31BrN6O. The molecule has 0 spiro atoms. The fourth-order valence-electron chi connectivity index (χ4n) is 4.87. The third kappa shape index (κ3) is 5.04. The number of fused-ring (bicyclic) bond motifs is 1. The molecule has 7 nitrogen and oxygen atoms in total. The van der Waals surface area contributed by atoms with Crippen molar-refractivity contribution < 1.29 is 4.79 Å². The van der Waals surface area contributed by atoms with Crippen molar-refractivity contribution in [3.63, 3.8) is 0 Å². The first-order chi connectivity index (χ1) is 17.0. The van der Waals surface area contributed by atoms with Crippen molar-refractivity contribution >= 4 is 39.8 Å². The molecule has 5 rings (SSSR count). The summed E-state index contributed by atoms with van der Waals surface area (Å²) in [7, 11) is 0.